The highest BCUT2D eigenvalue weighted by Crippen LogP contribution is 2.40. The second-order valence-corrected chi connectivity index (χ2v) is 8.14. The summed E-state index contributed by atoms with van der Waals surface area (Å²) in [5.41, 5.74) is 10.1. The molecule has 1 saturated heterocycles. The van der Waals surface area contributed by atoms with Crippen LogP contribution in [0.1, 0.15) is 43.6 Å². The molecule has 4 rings (SSSR count). The number of rotatable bonds is 3. The van der Waals surface area contributed by atoms with E-state index in [2.05, 4.69) is 41.9 Å². The molecule has 28 heavy (non-hydrogen) atoms. The molecule has 0 saturated carbocycles. The topological polar surface area (TPSA) is 81.1 Å². The van der Waals surface area contributed by atoms with Crippen molar-refractivity contribution in [3.05, 3.63) is 34.1 Å². The Morgan fingerprint density at radius 3 is 2.71 bits per heavy atom. The van der Waals surface area contributed by atoms with E-state index in [9.17, 15) is 0 Å². The highest BCUT2D eigenvalue weighted by Gasteiger charge is 2.30. The second kappa shape index (κ2) is 7.33. The third kappa shape index (κ3) is 3.25. The van der Waals surface area contributed by atoms with Crippen LogP contribution in [0.4, 0.5) is 5.82 Å². The van der Waals surface area contributed by atoms with Crippen LogP contribution in [0, 0.1) is 13.8 Å². The maximum Gasteiger partial charge on any atom is 0.261 e. The molecule has 6 nitrogen and oxygen atoms in total. The van der Waals surface area contributed by atoms with E-state index in [0.29, 0.717) is 16.7 Å². The van der Waals surface area contributed by atoms with Gasteiger partial charge in [0.1, 0.15) is 5.82 Å². The molecule has 2 aromatic heterocycles. The van der Waals surface area contributed by atoms with Crippen LogP contribution in [0.15, 0.2) is 16.7 Å². The summed E-state index contributed by atoms with van der Waals surface area (Å²) in [5.74, 6) is 1.95. The average Bonchev–Trinajstić information content (AvgIpc) is 3.08. The fraction of sp³-hybridized carbons (Fsp3) is 0.476. The monoisotopic (exact) mass is 399 g/mol. The number of pyridine rings is 1. The van der Waals surface area contributed by atoms with Crippen LogP contribution in [0.5, 0.6) is 0 Å². The van der Waals surface area contributed by atoms with Crippen molar-refractivity contribution in [1.82, 2.24) is 15.1 Å². The van der Waals surface area contributed by atoms with Crippen molar-refractivity contribution < 1.29 is 4.52 Å². The lowest BCUT2D eigenvalue weighted by atomic mass is 9.96. The van der Waals surface area contributed by atoms with Crippen LogP contribution in [-0.2, 0) is 6.42 Å². The number of benzene rings is 1. The molecule has 3 heterocycles. The van der Waals surface area contributed by atoms with Gasteiger partial charge in [-0.15, -0.1) is 0 Å². The molecule has 3 aromatic rings. The van der Waals surface area contributed by atoms with Crippen LogP contribution in [0.2, 0.25) is 5.02 Å². The molecule has 7 heteroatoms. The molecule has 0 aliphatic carbocycles. The van der Waals surface area contributed by atoms with Gasteiger partial charge in [-0.05, 0) is 63.3 Å². The number of anilines is 1. The minimum absolute atomic E-state index is 0.220. The van der Waals surface area contributed by atoms with Crippen LogP contribution >= 0.6 is 11.6 Å². The van der Waals surface area contributed by atoms with Gasteiger partial charge < -0.3 is 15.2 Å². The number of hydrogen-bond acceptors (Lipinski definition) is 6. The van der Waals surface area contributed by atoms with Gasteiger partial charge in [-0.1, -0.05) is 23.7 Å². The van der Waals surface area contributed by atoms with Crippen molar-refractivity contribution in [2.45, 2.75) is 59.0 Å². The third-order valence-corrected chi connectivity index (χ3v) is 5.97. The zero-order valence-electron chi connectivity index (χ0n) is 16.8. The summed E-state index contributed by atoms with van der Waals surface area (Å²) >= 11 is 6.63. The first-order chi connectivity index (χ1) is 13.4. The number of halogens is 1. The highest BCUT2D eigenvalue weighted by atomic mass is 35.5. The smallest absolute Gasteiger partial charge is 0.261 e. The van der Waals surface area contributed by atoms with Crippen LogP contribution < -0.4 is 10.6 Å². The summed E-state index contributed by atoms with van der Waals surface area (Å²) in [4.78, 5) is 11.8. The number of nitrogens with two attached hydrogens (primary N) is 1. The van der Waals surface area contributed by atoms with E-state index in [1.54, 1.807) is 0 Å². The fourth-order valence-corrected chi connectivity index (χ4v) is 4.39. The summed E-state index contributed by atoms with van der Waals surface area (Å²) in [7, 11) is 0. The first kappa shape index (κ1) is 19.2. The quantitative estimate of drug-likeness (QED) is 0.701. The Kier molecular flexibility index (Phi) is 5.02. The van der Waals surface area contributed by atoms with E-state index in [4.69, 9.17) is 26.8 Å². The molecule has 2 atom stereocenters. The maximum atomic E-state index is 6.63. The summed E-state index contributed by atoms with van der Waals surface area (Å²) in [6, 6.07) is 4.66. The van der Waals surface area contributed by atoms with Gasteiger partial charge in [-0.2, -0.15) is 4.98 Å². The van der Waals surface area contributed by atoms with E-state index < -0.39 is 0 Å². The zero-order valence-corrected chi connectivity index (χ0v) is 17.5. The Labute approximate surface area is 170 Å². The number of hydrogen-bond donors (Lipinski definition) is 1. The highest BCUT2D eigenvalue weighted by molar-refractivity contribution is 6.35. The summed E-state index contributed by atoms with van der Waals surface area (Å²) < 4.78 is 5.57. The molecule has 0 radical (unpaired) electrons. The van der Waals surface area contributed by atoms with Gasteiger partial charge in [0.05, 0.1) is 16.1 Å². The number of aryl methyl sites for hydroxylation is 3. The minimum atomic E-state index is 0.220. The Balaban J connectivity index is 2.00. The second-order valence-electron chi connectivity index (χ2n) is 7.74. The Morgan fingerprint density at radius 1 is 1.29 bits per heavy atom. The van der Waals surface area contributed by atoms with Crippen molar-refractivity contribution >= 4 is 28.3 Å². The molecule has 1 fully saturated rings. The van der Waals surface area contributed by atoms with Gasteiger partial charge in [-0.3, -0.25) is 0 Å². The van der Waals surface area contributed by atoms with Crippen molar-refractivity contribution in [3.63, 3.8) is 0 Å². The first-order valence-electron chi connectivity index (χ1n) is 9.84. The zero-order chi connectivity index (χ0) is 20.0. The van der Waals surface area contributed by atoms with Crippen molar-refractivity contribution in [2.75, 3.05) is 11.4 Å². The first-order valence-corrected chi connectivity index (χ1v) is 10.2. The standard InChI is InChI=1S/C21H26ClN5O/c1-5-14-9-16-12(3)18(21-24-13(4)26-28-21)20(25-19(16)17(22)10-14)27-7-6-15(23)8-11(27)2/h9-11,15H,5-8,23H2,1-4H3. The molecular weight excluding hydrogens is 374 g/mol. The Bertz CT molecular complexity index is 1030. The van der Waals surface area contributed by atoms with Crippen LogP contribution in [0.3, 0.4) is 0 Å². The van der Waals surface area contributed by atoms with Gasteiger partial charge >= 0.3 is 0 Å². The lowest BCUT2D eigenvalue weighted by molar-refractivity contribution is 0.420. The van der Waals surface area contributed by atoms with Gasteiger partial charge in [0.15, 0.2) is 5.82 Å². The third-order valence-electron chi connectivity index (χ3n) is 5.68. The van der Waals surface area contributed by atoms with Gasteiger partial charge in [-0.25, -0.2) is 4.98 Å². The number of fused-ring (bicyclic) bond motifs is 1. The molecule has 0 amide bonds. The van der Waals surface area contributed by atoms with E-state index in [1.807, 2.05) is 13.0 Å². The Morgan fingerprint density at radius 2 is 2.07 bits per heavy atom. The van der Waals surface area contributed by atoms with E-state index in [-0.39, 0.29) is 12.1 Å². The van der Waals surface area contributed by atoms with Crippen molar-refractivity contribution in [2.24, 2.45) is 5.73 Å². The lowest BCUT2D eigenvalue weighted by Crippen LogP contribution is -2.46. The Hall–Kier alpha value is -2.18. The van der Waals surface area contributed by atoms with Crippen LogP contribution in [-0.4, -0.2) is 33.8 Å². The largest absolute Gasteiger partial charge is 0.353 e. The summed E-state index contributed by atoms with van der Waals surface area (Å²) in [5, 5.41) is 5.71. The molecular formula is C21H26ClN5O. The molecule has 0 bridgehead atoms. The van der Waals surface area contributed by atoms with Crippen LogP contribution in [0.25, 0.3) is 22.4 Å². The molecule has 148 valence electrons. The number of nitrogens with zero attached hydrogens (tertiary/aromatic N) is 4. The van der Waals surface area contributed by atoms with Crippen molar-refractivity contribution in [1.29, 1.82) is 0 Å². The van der Waals surface area contributed by atoms with E-state index >= 15 is 0 Å². The molecule has 1 aliphatic heterocycles. The maximum absolute atomic E-state index is 6.63. The van der Waals surface area contributed by atoms with Gasteiger partial charge in [0.2, 0.25) is 0 Å². The SMILES string of the molecule is CCc1cc(Cl)c2nc(N3CCC(N)CC3C)c(-c3nc(C)no3)c(C)c2c1. The van der Waals surface area contributed by atoms with E-state index in [1.165, 1.54) is 5.56 Å². The normalized spacial score (nSPS) is 20.1. The van der Waals surface area contributed by atoms with Gasteiger partial charge in [0.25, 0.3) is 5.89 Å². The van der Waals surface area contributed by atoms with E-state index in [0.717, 1.165) is 53.7 Å². The minimum Gasteiger partial charge on any atom is -0.353 e. The number of piperidine rings is 1. The van der Waals surface area contributed by atoms with Crippen molar-refractivity contribution in [3.8, 4) is 11.5 Å². The summed E-state index contributed by atoms with van der Waals surface area (Å²) in [6.07, 6.45) is 2.75. The van der Waals surface area contributed by atoms with Gasteiger partial charge in [0, 0.05) is 24.0 Å². The summed E-state index contributed by atoms with van der Waals surface area (Å²) in [6.45, 7) is 9.05. The molecule has 0 spiro atoms. The molecule has 1 aromatic carbocycles. The number of aromatic nitrogens is 3. The fourth-order valence-electron chi connectivity index (χ4n) is 4.11. The predicted octanol–water partition coefficient (Wildman–Crippen LogP) is 4.43. The average molecular weight is 400 g/mol. The molecule has 2 unspecified atom stereocenters. The molecule has 2 N–H and O–H groups in total. The lowest BCUT2D eigenvalue weighted by Gasteiger charge is -2.38. The predicted molar refractivity (Wildman–Crippen MR) is 113 cm³/mol. The molecule has 1 aliphatic rings.